The van der Waals surface area contributed by atoms with Gasteiger partial charge in [-0.15, -0.1) is 0 Å². The van der Waals surface area contributed by atoms with E-state index in [1.807, 2.05) is 66.7 Å². The molecule has 0 aliphatic carbocycles. The summed E-state index contributed by atoms with van der Waals surface area (Å²) in [5, 5.41) is 41.2. The number of benzene rings is 3. The molecule has 0 radical (unpaired) electrons. The van der Waals surface area contributed by atoms with Crippen LogP contribution in [0.3, 0.4) is 0 Å². The summed E-state index contributed by atoms with van der Waals surface area (Å²) in [6, 6.07) is 14.2. The Kier molecular flexibility index (Phi) is 17.2. The standard InChI is InChI=1S/C41H55N11O7S2/c1-22-36(55)50-31(17-24-13-14-25-8-3-4-9-26(25)16-24)38(57)49-30(12-7-15-45-41(43)44)37(56)51-32(18-27-19-46-29-11-6-5-10-28(27)29)39(58)52-33(35(42)54)20-60-61-21-34(40(59)47-22)48-23(2)53/h3-6,8-11,13-14,16,19,22-23,30-34,36,46,48,50,53,55H,7,12,15,17-18,20-21H2,1-2H3,(H2,42,54)(H,47,59)(H,49,57)(H,51,56)(H,52,58)(H4,43,44,45)/t22-,23?,30-,31+,32-,33-,34-,36?/m0/s1. The number of carbonyl (C=O) groups is 5. The molecule has 20 heteroatoms. The predicted molar refractivity (Wildman–Crippen MR) is 239 cm³/mol. The number of aliphatic imine (C=N–C) groups is 1. The van der Waals surface area contributed by atoms with E-state index in [4.69, 9.17) is 17.2 Å². The Balaban J connectivity index is 1.52. The normalized spacial score (nSPS) is 24.5. The van der Waals surface area contributed by atoms with Crippen molar-refractivity contribution in [2.75, 3.05) is 18.1 Å². The molecule has 2 heterocycles. The number of aliphatic hydroxyl groups is 2. The van der Waals surface area contributed by atoms with Crippen LogP contribution in [0.4, 0.5) is 0 Å². The molecule has 0 spiro atoms. The molecular weight excluding hydrogens is 823 g/mol. The molecule has 18 nitrogen and oxygen atoms in total. The number of para-hydroxylation sites is 1. The average Bonchev–Trinajstić information content (AvgIpc) is 3.63. The van der Waals surface area contributed by atoms with Crippen LogP contribution >= 0.6 is 21.6 Å². The summed E-state index contributed by atoms with van der Waals surface area (Å²) < 4.78 is 0. The van der Waals surface area contributed by atoms with Gasteiger partial charge in [0.1, 0.15) is 30.6 Å². The van der Waals surface area contributed by atoms with Crippen molar-refractivity contribution in [2.24, 2.45) is 22.2 Å². The number of aliphatic hydroxyl groups excluding tert-OH is 2. The lowest BCUT2D eigenvalue weighted by molar-refractivity contribution is -0.134. The van der Waals surface area contributed by atoms with Crippen molar-refractivity contribution in [3.8, 4) is 0 Å². The lowest BCUT2D eigenvalue weighted by Gasteiger charge is -2.30. The van der Waals surface area contributed by atoms with E-state index in [0.29, 0.717) is 5.56 Å². The highest BCUT2D eigenvalue weighted by Gasteiger charge is 2.33. The number of rotatable bonds is 11. The van der Waals surface area contributed by atoms with Crippen molar-refractivity contribution in [1.29, 1.82) is 0 Å². The Morgan fingerprint density at radius 3 is 2.25 bits per heavy atom. The second-order valence-corrected chi connectivity index (χ2v) is 17.5. The van der Waals surface area contributed by atoms with Gasteiger partial charge in [0.15, 0.2) is 5.96 Å². The number of hydrogen-bond acceptors (Lipinski definition) is 12. The number of aromatic amines is 1. The SMILES string of the molecule is CC(O)N[C@H]1CSSC[C@@H](C(N)=O)NC(=O)[C@H](Cc2c[nH]c3ccccc23)NC(=O)[C@H](CCCN=C(N)N)NC(=O)[C@@H](Cc2ccc3ccccc3c2)NC(O)[C@H](C)NC1=O. The van der Waals surface area contributed by atoms with Gasteiger partial charge in [0.05, 0.1) is 18.1 Å². The molecule has 2 unspecified atom stereocenters. The summed E-state index contributed by atoms with van der Waals surface area (Å²) in [5.74, 6) is -3.47. The topological polar surface area (TPSA) is 304 Å². The number of guanidine groups is 1. The van der Waals surface area contributed by atoms with Gasteiger partial charge < -0.3 is 53.7 Å². The number of nitrogens with zero attached hydrogens (tertiary/aromatic N) is 1. The number of carbonyl (C=O) groups excluding carboxylic acids is 5. The van der Waals surface area contributed by atoms with E-state index in [1.54, 1.807) is 13.1 Å². The summed E-state index contributed by atoms with van der Waals surface area (Å²) in [6.07, 6.45) is -0.438. The summed E-state index contributed by atoms with van der Waals surface area (Å²) in [7, 11) is 2.36. The van der Waals surface area contributed by atoms with Gasteiger partial charge in [-0.1, -0.05) is 82.3 Å². The third-order valence-corrected chi connectivity index (χ3v) is 12.5. The molecule has 3 aromatic carbocycles. The molecule has 1 fully saturated rings. The minimum absolute atomic E-state index is 0.00165. The third kappa shape index (κ3) is 13.8. The number of nitrogens with two attached hydrogens (primary N) is 3. The van der Waals surface area contributed by atoms with E-state index in [2.05, 4.69) is 41.9 Å². The maximum atomic E-state index is 14.4. The number of primary amides is 1. The van der Waals surface area contributed by atoms with Crippen molar-refractivity contribution < 1.29 is 34.2 Å². The van der Waals surface area contributed by atoms with Crippen molar-refractivity contribution >= 4 is 78.8 Å². The lowest BCUT2D eigenvalue weighted by atomic mass is 10.00. The molecule has 0 saturated carbocycles. The summed E-state index contributed by atoms with van der Waals surface area (Å²) in [5.41, 5.74) is 19.1. The molecule has 1 aromatic heterocycles. The van der Waals surface area contributed by atoms with Crippen molar-refractivity contribution in [3.05, 3.63) is 84.1 Å². The van der Waals surface area contributed by atoms with Gasteiger partial charge in [0, 0.05) is 41.6 Å². The highest BCUT2D eigenvalue weighted by molar-refractivity contribution is 8.76. The molecule has 61 heavy (non-hydrogen) atoms. The average molecular weight is 878 g/mol. The Labute approximate surface area is 361 Å². The molecule has 5 rings (SSSR count). The Hall–Kier alpha value is -5.38. The second kappa shape index (κ2) is 22.5. The quantitative estimate of drug-likeness (QED) is 0.0300. The molecule has 8 atom stereocenters. The van der Waals surface area contributed by atoms with Crippen LogP contribution in [0, 0.1) is 0 Å². The summed E-state index contributed by atoms with van der Waals surface area (Å²) in [4.78, 5) is 76.3. The number of aromatic nitrogens is 1. The van der Waals surface area contributed by atoms with E-state index >= 15 is 0 Å². The minimum Gasteiger partial charge on any atom is -0.379 e. The van der Waals surface area contributed by atoms with Crippen molar-refractivity contribution in [3.63, 3.8) is 0 Å². The van der Waals surface area contributed by atoms with Gasteiger partial charge >= 0.3 is 0 Å². The highest BCUT2D eigenvalue weighted by atomic mass is 33.1. The van der Waals surface area contributed by atoms with Crippen LogP contribution in [0.2, 0.25) is 0 Å². The Bertz CT molecular complexity index is 2180. The number of H-pyrrole nitrogens is 1. The van der Waals surface area contributed by atoms with Crippen LogP contribution in [0.5, 0.6) is 0 Å². The van der Waals surface area contributed by atoms with Crippen LogP contribution in [-0.4, -0.2) is 117 Å². The van der Waals surface area contributed by atoms with Gasteiger partial charge in [0.25, 0.3) is 0 Å². The minimum atomic E-state index is -1.46. The molecule has 5 amide bonds. The first-order valence-corrected chi connectivity index (χ1v) is 22.4. The number of amides is 5. The van der Waals surface area contributed by atoms with E-state index < -0.39 is 78.2 Å². The maximum Gasteiger partial charge on any atom is 0.243 e. The molecule has 15 N–H and O–H groups in total. The van der Waals surface area contributed by atoms with Gasteiger partial charge in [-0.2, -0.15) is 0 Å². The molecular formula is C41H55N11O7S2. The van der Waals surface area contributed by atoms with Crippen molar-refractivity contribution in [2.45, 2.75) is 88.2 Å². The molecule has 4 aromatic rings. The van der Waals surface area contributed by atoms with Crippen LogP contribution in [-0.2, 0) is 36.8 Å². The second-order valence-electron chi connectivity index (χ2n) is 14.9. The number of nitrogens with one attached hydrogen (secondary N) is 7. The number of hydrogen-bond donors (Lipinski definition) is 12. The van der Waals surface area contributed by atoms with Gasteiger partial charge in [-0.05, 0) is 61.1 Å². The summed E-state index contributed by atoms with van der Waals surface area (Å²) in [6.45, 7) is 3.15. The van der Waals surface area contributed by atoms with Crippen LogP contribution in [0.25, 0.3) is 21.7 Å². The number of fused-ring (bicyclic) bond motifs is 2. The zero-order valence-corrected chi connectivity index (χ0v) is 35.6. The highest BCUT2D eigenvalue weighted by Crippen LogP contribution is 2.24. The van der Waals surface area contributed by atoms with Crippen LogP contribution in [0.15, 0.2) is 77.9 Å². The fraction of sp³-hybridized carbons (Fsp3) is 0.415. The Morgan fingerprint density at radius 1 is 0.836 bits per heavy atom. The van der Waals surface area contributed by atoms with E-state index in [9.17, 15) is 34.2 Å². The van der Waals surface area contributed by atoms with E-state index in [1.165, 1.54) is 28.5 Å². The van der Waals surface area contributed by atoms with Crippen LogP contribution in [0.1, 0.15) is 37.8 Å². The first kappa shape index (κ1) is 46.7. The Morgan fingerprint density at radius 2 is 1.51 bits per heavy atom. The fourth-order valence-electron chi connectivity index (χ4n) is 6.82. The summed E-state index contributed by atoms with van der Waals surface area (Å²) >= 11 is 0. The third-order valence-electron chi connectivity index (χ3n) is 10.1. The molecule has 328 valence electrons. The molecule has 1 aliphatic rings. The van der Waals surface area contributed by atoms with E-state index in [0.717, 1.165) is 27.2 Å². The van der Waals surface area contributed by atoms with E-state index in [-0.39, 0.29) is 49.7 Å². The maximum absolute atomic E-state index is 14.4. The molecule has 1 saturated heterocycles. The van der Waals surface area contributed by atoms with Crippen molar-refractivity contribution in [1.82, 2.24) is 36.9 Å². The molecule has 1 aliphatic heterocycles. The zero-order chi connectivity index (χ0) is 44.1. The monoisotopic (exact) mass is 877 g/mol. The largest absolute Gasteiger partial charge is 0.379 e. The first-order valence-electron chi connectivity index (χ1n) is 19.9. The smallest absolute Gasteiger partial charge is 0.243 e. The molecule has 0 bridgehead atoms. The van der Waals surface area contributed by atoms with Gasteiger partial charge in [-0.25, -0.2) is 0 Å². The van der Waals surface area contributed by atoms with Gasteiger partial charge in [-0.3, -0.25) is 39.6 Å². The van der Waals surface area contributed by atoms with Gasteiger partial charge in [0.2, 0.25) is 29.5 Å². The lowest BCUT2D eigenvalue weighted by Crippen LogP contribution is -2.61. The predicted octanol–water partition coefficient (Wildman–Crippen LogP) is -0.428. The first-order chi connectivity index (χ1) is 29.2. The fourth-order valence-corrected chi connectivity index (χ4v) is 9.17. The van der Waals surface area contributed by atoms with Crippen LogP contribution < -0.4 is 49.1 Å². The zero-order valence-electron chi connectivity index (χ0n) is 33.9.